The molecule has 3 rings (SSSR count). The molecule has 0 saturated carbocycles. The van der Waals surface area contributed by atoms with E-state index >= 15 is 0 Å². The Morgan fingerprint density at radius 2 is 2.00 bits per heavy atom. The number of nitrogens with zero attached hydrogens (tertiary/aromatic N) is 2. The first kappa shape index (κ1) is 20.0. The molecule has 0 aliphatic heterocycles. The molecule has 0 radical (unpaired) electrons. The van der Waals surface area contributed by atoms with E-state index in [1.807, 2.05) is 12.1 Å². The minimum atomic E-state index is -0.217. The largest absolute Gasteiger partial charge is 0.482 e. The van der Waals surface area contributed by atoms with Gasteiger partial charge in [0.15, 0.2) is 6.61 Å². The van der Waals surface area contributed by atoms with Gasteiger partial charge in [-0.25, -0.2) is 0 Å². The number of para-hydroxylation sites is 1. The molecule has 6 nitrogen and oxygen atoms in total. The van der Waals surface area contributed by atoms with Gasteiger partial charge in [0.05, 0.1) is 15.8 Å². The summed E-state index contributed by atoms with van der Waals surface area (Å²) in [4.78, 5) is 12.0. The average Bonchev–Trinajstić information content (AvgIpc) is 3.10. The van der Waals surface area contributed by atoms with E-state index in [9.17, 15) is 4.79 Å². The topological polar surface area (TPSA) is 77.2 Å². The highest BCUT2D eigenvalue weighted by Gasteiger charge is 2.11. The van der Waals surface area contributed by atoms with E-state index in [-0.39, 0.29) is 29.4 Å². The highest BCUT2D eigenvalue weighted by molar-refractivity contribution is 9.10. The first-order chi connectivity index (χ1) is 13.0. The predicted octanol–water partition coefficient (Wildman–Crippen LogP) is 5.45. The van der Waals surface area contributed by atoms with E-state index < -0.39 is 0 Å². The van der Waals surface area contributed by atoms with Crippen LogP contribution in [0.4, 0.5) is 5.69 Å². The number of nitrogens with one attached hydrogen (secondary N) is 1. The van der Waals surface area contributed by atoms with Gasteiger partial charge in [-0.15, -0.1) is 10.2 Å². The number of hydrogen-bond acceptors (Lipinski definition) is 6. The molecule has 0 bridgehead atoms. The lowest BCUT2D eigenvalue weighted by molar-refractivity contribution is -0.113. The van der Waals surface area contributed by atoms with Crippen molar-refractivity contribution in [2.75, 3.05) is 11.1 Å². The Morgan fingerprint density at radius 1 is 1.19 bits per heavy atom. The van der Waals surface area contributed by atoms with E-state index in [4.69, 9.17) is 32.4 Å². The van der Waals surface area contributed by atoms with E-state index in [0.29, 0.717) is 21.5 Å². The van der Waals surface area contributed by atoms with Crippen molar-refractivity contribution >= 4 is 62.5 Å². The quantitative estimate of drug-likeness (QED) is 0.445. The van der Waals surface area contributed by atoms with Crippen molar-refractivity contribution in [3.8, 4) is 5.75 Å². The highest BCUT2D eigenvalue weighted by Crippen LogP contribution is 2.26. The van der Waals surface area contributed by atoms with Crippen LogP contribution in [0.3, 0.4) is 0 Å². The zero-order valence-corrected chi connectivity index (χ0v) is 17.5. The van der Waals surface area contributed by atoms with Gasteiger partial charge in [0.25, 0.3) is 11.1 Å². The van der Waals surface area contributed by atoms with Crippen molar-refractivity contribution in [3.63, 3.8) is 0 Å². The smallest absolute Gasteiger partial charge is 0.277 e. The minimum absolute atomic E-state index is 0.0842. The third-order valence-corrected chi connectivity index (χ3v) is 5.53. The summed E-state index contributed by atoms with van der Waals surface area (Å²) in [6.07, 6.45) is 0. The molecule has 1 heterocycles. The Labute approximate surface area is 177 Å². The van der Waals surface area contributed by atoms with Crippen molar-refractivity contribution < 1.29 is 13.9 Å². The fourth-order valence-electron chi connectivity index (χ4n) is 1.95. The van der Waals surface area contributed by atoms with E-state index in [1.54, 1.807) is 30.3 Å². The first-order valence-corrected chi connectivity index (χ1v) is 10.1. The number of carbonyl (C=O) groups excluding carboxylic acids is 1. The van der Waals surface area contributed by atoms with Gasteiger partial charge in [-0.1, -0.05) is 47.1 Å². The number of anilines is 1. The molecular weight excluding hydrogens is 477 g/mol. The summed E-state index contributed by atoms with van der Waals surface area (Å²) in [6.45, 7) is 0.0842. The molecule has 10 heteroatoms. The number of hydrogen-bond donors (Lipinski definition) is 1. The lowest BCUT2D eigenvalue weighted by Crippen LogP contribution is -2.13. The Morgan fingerprint density at radius 3 is 2.78 bits per heavy atom. The van der Waals surface area contributed by atoms with Gasteiger partial charge in [-0.3, -0.25) is 4.79 Å². The van der Waals surface area contributed by atoms with Crippen molar-refractivity contribution in [2.45, 2.75) is 11.8 Å². The SMILES string of the molecule is O=C(CSc1nnc(COc2ccccc2Cl)o1)Nc1ccc(Br)c(Cl)c1. The van der Waals surface area contributed by atoms with Crippen LogP contribution in [0.15, 0.2) is 56.6 Å². The predicted molar refractivity (Wildman–Crippen MR) is 109 cm³/mol. The zero-order valence-electron chi connectivity index (χ0n) is 13.6. The summed E-state index contributed by atoms with van der Waals surface area (Å²) in [5.41, 5.74) is 0.605. The van der Waals surface area contributed by atoms with Gasteiger partial charge in [-0.05, 0) is 46.3 Å². The number of halogens is 3. The van der Waals surface area contributed by atoms with Crippen molar-refractivity contribution in [2.24, 2.45) is 0 Å². The Kier molecular flexibility index (Phi) is 7.01. The van der Waals surface area contributed by atoms with Crippen LogP contribution in [0, 0.1) is 0 Å². The van der Waals surface area contributed by atoms with Crippen LogP contribution in [0.2, 0.25) is 10.0 Å². The second-order valence-corrected chi connectivity index (χ2v) is 7.74. The summed E-state index contributed by atoms with van der Waals surface area (Å²) < 4.78 is 11.7. The van der Waals surface area contributed by atoms with Gasteiger partial charge in [0.1, 0.15) is 5.75 Å². The molecule has 1 N–H and O–H groups in total. The van der Waals surface area contributed by atoms with Crippen molar-refractivity contribution in [3.05, 3.63) is 62.9 Å². The molecule has 1 aromatic heterocycles. The van der Waals surface area contributed by atoms with Crippen molar-refractivity contribution in [1.82, 2.24) is 10.2 Å². The van der Waals surface area contributed by atoms with Crippen LogP contribution < -0.4 is 10.1 Å². The molecule has 0 saturated heterocycles. The van der Waals surface area contributed by atoms with E-state index in [2.05, 4.69) is 31.4 Å². The summed E-state index contributed by atoms with van der Waals surface area (Å²) in [6, 6.07) is 12.3. The van der Waals surface area contributed by atoms with Gasteiger partial charge in [0, 0.05) is 10.2 Å². The van der Waals surface area contributed by atoms with E-state index in [0.717, 1.165) is 16.2 Å². The number of rotatable bonds is 7. The number of carbonyl (C=O) groups is 1. The van der Waals surface area contributed by atoms with Gasteiger partial charge in [0.2, 0.25) is 5.91 Å². The Bertz CT molecular complexity index is 955. The standard InChI is InChI=1S/C17H12BrCl2N3O3S/c18-11-6-5-10(7-13(11)20)21-15(24)9-27-17-23-22-16(26-17)8-25-14-4-2-1-3-12(14)19/h1-7H,8-9H2,(H,21,24). The molecule has 3 aromatic rings. The Hall–Kier alpha value is -1.74. The zero-order chi connectivity index (χ0) is 19.2. The van der Waals surface area contributed by atoms with Crippen LogP contribution in [0.1, 0.15) is 5.89 Å². The third-order valence-electron chi connectivity index (χ3n) is 3.17. The highest BCUT2D eigenvalue weighted by atomic mass is 79.9. The molecule has 1 amide bonds. The van der Waals surface area contributed by atoms with Crippen LogP contribution >= 0.6 is 50.9 Å². The lowest BCUT2D eigenvalue weighted by Gasteiger charge is -2.05. The fourth-order valence-corrected chi connectivity index (χ4v) is 3.15. The molecular formula is C17H12BrCl2N3O3S. The molecule has 140 valence electrons. The van der Waals surface area contributed by atoms with Crippen LogP contribution in [-0.2, 0) is 11.4 Å². The van der Waals surface area contributed by atoms with Crippen LogP contribution in [0.25, 0.3) is 0 Å². The molecule has 0 fully saturated rings. The molecule has 0 aliphatic rings. The van der Waals surface area contributed by atoms with Crippen LogP contribution in [0.5, 0.6) is 5.75 Å². The van der Waals surface area contributed by atoms with Gasteiger partial charge in [-0.2, -0.15) is 0 Å². The number of aromatic nitrogens is 2. The maximum atomic E-state index is 12.0. The molecule has 0 atom stereocenters. The van der Waals surface area contributed by atoms with Crippen molar-refractivity contribution in [1.29, 1.82) is 0 Å². The second kappa shape index (κ2) is 9.45. The monoisotopic (exact) mass is 487 g/mol. The molecule has 2 aromatic carbocycles. The van der Waals surface area contributed by atoms with Gasteiger partial charge < -0.3 is 14.5 Å². The molecule has 0 aliphatic carbocycles. The average molecular weight is 489 g/mol. The summed E-state index contributed by atoms with van der Waals surface area (Å²) in [7, 11) is 0. The number of benzene rings is 2. The third kappa shape index (κ3) is 5.87. The summed E-state index contributed by atoms with van der Waals surface area (Å²) >= 11 is 16.4. The summed E-state index contributed by atoms with van der Waals surface area (Å²) in [5, 5.41) is 11.8. The van der Waals surface area contributed by atoms with Gasteiger partial charge >= 0.3 is 0 Å². The molecule has 0 spiro atoms. The normalized spacial score (nSPS) is 10.6. The lowest BCUT2D eigenvalue weighted by atomic mass is 10.3. The second-order valence-electron chi connectivity index (χ2n) is 5.15. The first-order valence-electron chi connectivity index (χ1n) is 7.58. The fraction of sp³-hybridized carbons (Fsp3) is 0.118. The van der Waals surface area contributed by atoms with Crippen LogP contribution in [-0.4, -0.2) is 21.9 Å². The molecule has 27 heavy (non-hydrogen) atoms. The maximum Gasteiger partial charge on any atom is 0.277 e. The minimum Gasteiger partial charge on any atom is -0.482 e. The maximum absolute atomic E-state index is 12.0. The van der Waals surface area contributed by atoms with E-state index in [1.165, 1.54) is 0 Å². The number of thioether (sulfide) groups is 1. The number of ether oxygens (including phenoxy) is 1. The summed E-state index contributed by atoms with van der Waals surface area (Å²) in [5.74, 6) is 0.711. The molecule has 0 unspecified atom stereocenters. The number of amides is 1. The Balaban J connectivity index is 1.48.